The van der Waals surface area contributed by atoms with Crippen LogP contribution in [0.4, 0.5) is 0 Å². The third-order valence-electron chi connectivity index (χ3n) is 1.25. The fourth-order valence-corrected chi connectivity index (χ4v) is 0.884. The molecule has 0 heterocycles. The topological polar surface area (TPSA) is 0 Å². The van der Waals surface area contributed by atoms with E-state index < -0.39 is 0 Å². The first-order chi connectivity index (χ1) is 3.50. The fourth-order valence-electron chi connectivity index (χ4n) is 0.884. The van der Waals surface area contributed by atoms with Gasteiger partial charge < -0.3 is 0 Å². The van der Waals surface area contributed by atoms with Crippen LogP contribution in [0, 0.1) is 0 Å². The van der Waals surface area contributed by atoms with E-state index in [1.54, 1.807) is 0 Å². The Kier molecular flexibility index (Phi) is 6.00. The van der Waals surface area contributed by atoms with Gasteiger partial charge in [0.15, 0.2) is 0 Å². The zero-order chi connectivity index (χ0) is 5.54. The van der Waals surface area contributed by atoms with Crippen LogP contribution in [0.3, 0.4) is 0 Å². The van der Waals surface area contributed by atoms with Crippen molar-refractivity contribution in [3.8, 4) is 0 Å². The van der Waals surface area contributed by atoms with Crippen molar-refractivity contribution in [2.24, 2.45) is 0 Å². The molecule has 0 atom stereocenters. The quantitative estimate of drug-likeness (QED) is 0.439. The molecule has 0 aromatic carbocycles. The standard InChI is InChI=1S/C5H10.C2H6/c1-2-4-5-3-1;1-2/h1-5H2;1-2H3. The van der Waals surface area contributed by atoms with Crippen LogP contribution in [0.1, 0.15) is 46.0 Å². The number of rotatable bonds is 0. The second-order valence-electron chi connectivity index (χ2n) is 1.77. The lowest BCUT2D eigenvalue weighted by atomic mass is 10.4. The number of hydrogen-bond acceptors (Lipinski definition) is 0. The average Bonchev–Trinajstić information content (AvgIpc) is 2.23. The minimum absolute atomic E-state index is 1.50. The van der Waals surface area contributed by atoms with Gasteiger partial charge >= 0.3 is 0 Å². The molecule has 0 heteroatoms. The maximum atomic E-state index is 2.00. The molecule has 0 saturated heterocycles. The molecule has 1 aliphatic carbocycles. The highest BCUT2D eigenvalue weighted by Crippen LogP contribution is 2.15. The summed E-state index contributed by atoms with van der Waals surface area (Å²) in [5.41, 5.74) is 0. The molecule has 7 heavy (non-hydrogen) atoms. The summed E-state index contributed by atoms with van der Waals surface area (Å²) in [6, 6.07) is 0. The first kappa shape index (κ1) is 7.00. The van der Waals surface area contributed by atoms with Crippen molar-refractivity contribution in [1.82, 2.24) is 0 Å². The molecule has 1 saturated carbocycles. The SMILES string of the molecule is C1CCCC1.CC. The van der Waals surface area contributed by atoms with E-state index in [4.69, 9.17) is 0 Å². The van der Waals surface area contributed by atoms with Crippen molar-refractivity contribution in [2.75, 3.05) is 0 Å². The Morgan fingerprint density at radius 1 is 0.571 bits per heavy atom. The lowest BCUT2D eigenvalue weighted by Crippen LogP contribution is -1.47. The molecule has 1 fully saturated rings. The van der Waals surface area contributed by atoms with Gasteiger partial charge in [0.2, 0.25) is 0 Å². The van der Waals surface area contributed by atoms with Crippen molar-refractivity contribution in [3.05, 3.63) is 0 Å². The Hall–Kier alpha value is 0. The van der Waals surface area contributed by atoms with Crippen molar-refractivity contribution in [1.29, 1.82) is 0 Å². The van der Waals surface area contributed by atoms with Crippen LogP contribution < -0.4 is 0 Å². The molecule has 0 bridgehead atoms. The highest BCUT2D eigenvalue weighted by molar-refractivity contribution is 4.51. The van der Waals surface area contributed by atoms with Crippen molar-refractivity contribution >= 4 is 0 Å². The monoisotopic (exact) mass is 100 g/mol. The second-order valence-corrected chi connectivity index (χ2v) is 1.77. The molecule has 0 aromatic heterocycles. The van der Waals surface area contributed by atoms with E-state index in [-0.39, 0.29) is 0 Å². The van der Waals surface area contributed by atoms with Gasteiger partial charge in [0, 0.05) is 0 Å². The zero-order valence-corrected chi connectivity index (χ0v) is 5.54. The van der Waals surface area contributed by atoms with Gasteiger partial charge in [-0.3, -0.25) is 0 Å². The molecule has 0 aromatic rings. The highest BCUT2D eigenvalue weighted by Gasteiger charge is 1.95. The lowest BCUT2D eigenvalue weighted by Gasteiger charge is -1.67. The summed E-state index contributed by atoms with van der Waals surface area (Å²) < 4.78 is 0. The van der Waals surface area contributed by atoms with Crippen LogP contribution >= 0.6 is 0 Å². The van der Waals surface area contributed by atoms with Gasteiger partial charge in [-0.05, 0) is 0 Å². The number of hydrogen-bond donors (Lipinski definition) is 0. The van der Waals surface area contributed by atoms with E-state index in [0.717, 1.165) is 0 Å². The fraction of sp³-hybridized carbons (Fsp3) is 1.00. The van der Waals surface area contributed by atoms with Crippen LogP contribution in [0.15, 0.2) is 0 Å². The average molecular weight is 100 g/mol. The minimum Gasteiger partial charge on any atom is -0.0683 e. The maximum Gasteiger partial charge on any atom is -0.0533 e. The van der Waals surface area contributed by atoms with E-state index >= 15 is 0 Å². The molecule has 0 nitrogen and oxygen atoms in total. The van der Waals surface area contributed by atoms with Crippen LogP contribution in [-0.4, -0.2) is 0 Å². The Morgan fingerprint density at radius 3 is 0.857 bits per heavy atom. The summed E-state index contributed by atoms with van der Waals surface area (Å²) in [6.45, 7) is 4.00. The molecule has 1 rings (SSSR count). The van der Waals surface area contributed by atoms with E-state index in [1.807, 2.05) is 13.8 Å². The lowest BCUT2D eigenvalue weighted by molar-refractivity contribution is 0.886. The second kappa shape index (κ2) is 6.00. The smallest absolute Gasteiger partial charge is 0.0533 e. The van der Waals surface area contributed by atoms with Gasteiger partial charge in [0.1, 0.15) is 0 Å². The molecule has 0 unspecified atom stereocenters. The van der Waals surface area contributed by atoms with Gasteiger partial charge in [-0.25, -0.2) is 0 Å². The summed E-state index contributed by atoms with van der Waals surface area (Å²) in [5, 5.41) is 0. The van der Waals surface area contributed by atoms with Crippen LogP contribution in [0.25, 0.3) is 0 Å². The first-order valence-electron chi connectivity index (χ1n) is 3.50. The Labute approximate surface area is 46.9 Å². The van der Waals surface area contributed by atoms with E-state index in [1.165, 1.54) is 32.1 Å². The van der Waals surface area contributed by atoms with Crippen molar-refractivity contribution in [2.45, 2.75) is 46.0 Å². The van der Waals surface area contributed by atoms with Gasteiger partial charge in [-0.15, -0.1) is 0 Å². The molecule has 1 aliphatic rings. The largest absolute Gasteiger partial charge is 0.0683 e. The molecule has 0 radical (unpaired) electrons. The predicted octanol–water partition coefficient (Wildman–Crippen LogP) is 2.98. The van der Waals surface area contributed by atoms with Crippen molar-refractivity contribution < 1.29 is 0 Å². The van der Waals surface area contributed by atoms with Gasteiger partial charge in [-0.2, -0.15) is 0 Å². The predicted molar refractivity (Wildman–Crippen MR) is 34.4 cm³/mol. The zero-order valence-electron chi connectivity index (χ0n) is 5.54. The summed E-state index contributed by atoms with van der Waals surface area (Å²) >= 11 is 0. The Bertz CT molecular complexity index is 11.6. The highest BCUT2D eigenvalue weighted by atomic mass is 14.0. The maximum absolute atomic E-state index is 2.00. The molecule has 0 spiro atoms. The molecular formula is C7H16. The minimum atomic E-state index is 1.50. The molecular weight excluding hydrogens is 84.1 g/mol. The Morgan fingerprint density at radius 2 is 0.714 bits per heavy atom. The molecule has 0 aliphatic heterocycles. The van der Waals surface area contributed by atoms with Crippen molar-refractivity contribution in [3.63, 3.8) is 0 Å². The van der Waals surface area contributed by atoms with Gasteiger partial charge in [-0.1, -0.05) is 46.0 Å². The van der Waals surface area contributed by atoms with E-state index in [9.17, 15) is 0 Å². The van der Waals surface area contributed by atoms with Crippen LogP contribution in [-0.2, 0) is 0 Å². The van der Waals surface area contributed by atoms with E-state index in [2.05, 4.69) is 0 Å². The van der Waals surface area contributed by atoms with Gasteiger partial charge in [0.05, 0.1) is 0 Å². The Balaban J connectivity index is 0.000000162. The normalized spacial score (nSPS) is 18.0. The third kappa shape index (κ3) is 3.84. The molecule has 44 valence electrons. The van der Waals surface area contributed by atoms with Gasteiger partial charge in [0.25, 0.3) is 0 Å². The molecule has 0 N–H and O–H groups in total. The van der Waals surface area contributed by atoms with Crippen LogP contribution in [0.2, 0.25) is 0 Å². The first-order valence-corrected chi connectivity index (χ1v) is 3.50. The third-order valence-corrected chi connectivity index (χ3v) is 1.25. The summed E-state index contributed by atoms with van der Waals surface area (Å²) in [5.74, 6) is 0. The van der Waals surface area contributed by atoms with E-state index in [0.29, 0.717) is 0 Å². The summed E-state index contributed by atoms with van der Waals surface area (Å²) in [4.78, 5) is 0. The summed E-state index contributed by atoms with van der Waals surface area (Å²) in [7, 11) is 0. The summed E-state index contributed by atoms with van der Waals surface area (Å²) in [6.07, 6.45) is 7.50. The molecule has 0 amide bonds. The van der Waals surface area contributed by atoms with Crippen LogP contribution in [0.5, 0.6) is 0 Å².